The average molecular weight is 281 g/mol. The Hall–Kier alpha value is -2.69. The largest absolute Gasteiger partial charge is 0.462 e. The van der Waals surface area contributed by atoms with Crippen LogP contribution in [0.4, 0.5) is 0 Å². The highest BCUT2D eigenvalue weighted by molar-refractivity contribution is 5.97. The molecule has 3 aromatic rings. The second-order valence-electron chi connectivity index (χ2n) is 4.65. The number of nitrogens with zero attached hydrogens (tertiary/aromatic N) is 3. The van der Waals surface area contributed by atoms with E-state index in [9.17, 15) is 4.79 Å². The molecule has 0 amide bonds. The topological polar surface area (TPSA) is 57.0 Å². The van der Waals surface area contributed by atoms with Crippen LogP contribution in [0.15, 0.2) is 42.6 Å². The predicted octanol–water partition coefficient (Wildman–Crippen LogP) is 2.81. The minimum atomic E-state index is -0.366. The quantitative estimate of drug-likeness (QED) is 0.693. The molecule has 0 aliphatic rings. The monoisotopic (exact) mass is 281 g/mol. The number of hydrogen-bond donors (Lipinski definition) is 0. The molecule has 0 unspecified atom stereocenters. The second-order valence-corrected chi connectivity index (χ2v) is 4.65. The summed E-state index contributed by atoms with van der Waals surface area (Å²) in [5.41, 5.74) is 2.98. The van der Waals surface area contributed by atoms with E-state index in [1.165, 1.54) is 6.20 Å². The van der Waals surface area contributed by atoms with E-state index < -0.39 is 0 Å². The number of hydrogen-bond acceptors (Lipinski definition) is 4. The number of benzene rings is 1. The van der Waals surface area contributed by atoms with Gasteiger partial charge in [0.15, 0.2) is 5.65 Å². The molecule has 106 valence electrons. The van der Waals surface area contributed by atoms with E-state index >= 15 is 0 Å². The minimum absolute atomic E-state index is 0.343. The van der Waals surface area contributed by atoms with Crippen LogP contribution in [-0.4, -0.2) is 27.3 Å². The summed E-state index contributed by atoms with van der Waals surface area (Å²) in [5.74, 6) is -0.366. The van der Waals surface area contributed by atoms with E-state index in [0.29, 0.717) is 12.2 Å². The SMILES string of the molecule is CCOC(=O)c1cnc2c(c1)c(-c1ccccc1)nn2C. The van der Waals surface area contributed by atoms with Crippen LogP contribution in [0.3, 0.4) is 0 Å². The number of ether oxygens (including phenoxy) is 1. The van der Waals surface area contributed by atoms with E-state index in [1.807, 2.05) is 37.4 Å². The van der Waals surface area contributed by atoms with Crippen molar-refractivity contribution < 1.29 is 9.53 Å². The van der Waals surface area contributed by atoms with Gasteiger partial charge in [-0.3, -0.25) is 0 Å². The fourth-order valence-corrected chi connectivity index (χ4v) is 2.28. The standard InChI is InChI=1S/C16H15N3O2/c1-3-21-16(20)12-9-13-14(11-7-5-4-6-8-11)18-19(2)15(13)17-10-12/h4-10H,3H2,1-2H3. The Labute approximate surface area is 122 Å². The summed E-state index contributed by atoms with van der Waals surface area (Å²) in [6, 6.07) is 11.6. The Morgan fingerprint density at radius 3 is 2.76 bits per heavy atom. The summed E-state index contributed by atoms with van der Waals surface area (Å²) in [6.07, 6.45) is 1.52. The first-order valence-electron chi connectivity index (χ1n) is 6.76. The Morgan fingerprint density at radius 2 is 2.05 bits per heavy atom. The third-order valence-electron chi connectivity index (χ3n) is 3.24. The lowest BCUT2D eigenvalue weighted by Crippen LogP contribution is -2.05. The van der Waals surface area contributed by atoms with Gasteiger partial charge in [0.25, 0.3) is 0 Å². The highest BCUT2D eigenvalue weighted by Crippen LogP contribution is 2.27. The van der Waals surface area contributed by atoms with Crippen molar-refractivity contribution in [3.05, 3.63) is 48.2 Å². The molecule has 21 heavy (non-hydrogen) atoms. The van der Waals surface area contributed by atoms with E-state index in [2.05, 4.69) is 10.1 Å². The van der Waals surface area contributed by atoms with Gasteiger partial charge in [-0.05, 0) is 13.0 Å². The van der Waals surface area contributed by atoms with Crippen LogP contribution in [-0.2, 0) is 11.8 Å². The summed E-state index contributed by atoms with van der Waals surface area (Å²) in [4.78, 5) is 16.2. The smallest absolute Gasteiger partial charge is 0.339 e. The maximum Gasteiger partial charge on any atom is 0.339 e. The minimum Gasteiger partial charge on any atom is -0.462 e. The van der Waals surface area contributed by atoms with Crippen LogP contribution < -0.4 is 0 Å². The van der Waals surface area contributed by atoms with E-state index in [1.54, 1.807) is 17.7 Å². The summed E-state index contributed by atoms with van der Waals surface area (Å²) in [6.45, 7) is 2.12. The number of carbonyl (C=O) groups excluding carboxylic acids is 1. The van der Waals surface area contributed by atoms with Crippen molar-refractivity contribution in [2.45, 2.75) is 6.92 Å². The number of esters is 1. The molecule has 1 aromatic carbocycles. The van der Waals surface area contributed by atoms with Crippen molar-refractivity contribution in [3.8, 4) is 11.3 Å². The third-order valence-corrected chi connectivity index (χ3v) is 3.24. The highest BCUT2D eigenvalue weighted by atomic mass is 16.5. The van der Waals surface area contributed by atoms with Crippen molar-refractivity contribution in [3.63, 3.8) is 0 Å². The molecular weight excluding hydrogens is 266 g/mol. The Kier molecular flexibility index (Phi) is 3.39. The van der Waals surface area contributed by atoms with Crippen LogP contribution in [0.2, 0.25) is 0 Å². The summed E-state index contributed by atoms with van der Waals surface area (Å²) in [5, 5.41) is 5.35. The van der Waals surface area contributed by atoms with Gasteiger partial charge in [0.05, 0.1) is 12.2 Å². The van der Waals surface area contributed by atoms with Gasteiger partial charge >= 0.3 is 5.97 Å². The Bertz CT molecular complexity index is 794. The second kappa shape index (κ2) is 5.36. The van der Waals surface area contributed by atoms with E-state index in [0.717, 1.165) is 22.3 Å². The number of rotatable bonds is 3. The number of carbonyl (C=O) groups is 1. The molecule has 0 N–H and O–H groups in total. The number of pyridine rings is 1. The molecule has 3 rings (SSSR count). The lowest BCUT2D eigenvalue weighted by Gasteiger charge is -2.02. The van der Waals surface area contributed by atoms with Gasteiger partial charge in [-0.25, -0.2) is 14.5 Å². The van der Waals surface area contributed by atoms with E-state index in [-0.39, 0.29) is 5.97 Å². The van der Waals surface area contributed by atoms with Gasteiger partial charge in [-0.2, -0.15) is 5.10 Å². The lowest BCUT2D eigenvalue weighted by atomic mass is 10.1. The zero-order valence-electron chi connectivity index (χ0n) is 11.9. The van der Waals surface area contributed by atoms with E-state index in [4.69, 9.17) is 4.74 Å². The molecule has 2 heterocycles. The van der Waals surface area contributed by atoms with Gasteiger partial charge in [0, 0.05) is 24.2 Å². The van der Waals surface area contributed by atoms with Crippen molar-refractivity contribution in [2.24, 2.45) is 7.05 Å². The van der Waals surface area contributed by atoms with Gasteiger partial charge in [0.1, 0.15) is 5.69 Å². The molecular formula is C16H15N3O2. The summed E-state index contributed by atoms with van der Waals surface area (Å²) >= 11 is 0. The number of fused-ring (bicyclic) bond motifs is 1. The predicted molar refractivity (Wildman–Crippen MR) is 79.9 cm³/mol. The molecule has 0 aliphatic heterocycles. The van der Waals surface area contributed by atoms with Crippen molar-refractivity contribution in [1.82, 2.24) is 14.8 Å². The van der Waals surface area contributed by atoms with Crippen LogP contribution in [0.1, 0.15) is 17.3 Å². The van der Waals surface area contributed by atoms with Crippen LogP contribution in [0.25, 0.3) is 22.3 Å². The molecule has 0 bridgehead atoms. The molecule has 0 saturated heterocycles. The highest BCUT2D eigenvalue weighted by Gasteiger charge is 2.15. The van der Waals surface area contributed by atoms with Crippen molar-refractivity contribution in [2.75, 3.05) is 6.61 Å². The molecule has 0 saturated carbocycles. The van der Waals surface area contributed by atoms with Gasteiger partial charge in [0.2, 0.25) is 0 Å². The molecule has 0 radical (unpaired) electrons. The first-order valence-corrected chi connectivity index (χ1v) is 6.76. The van der Waals surface area contributed by atoms with Gasteiger partial charge < -0.3 is 4.74 Å². The van der Waals surface area contributed by atoms with Crippen LogP contribution >= 0.6 is 0 Å². The van der Waals surface area contributed by atoms with Gasteiger partial charge in [-0.1, -0.05) is 30.3 Å². The fourth-order valence-electron chi connectivity index (χ4n) is 2.28. The summed E-state index contributed by atoms with van der Waals surface area (Å²) < 4.78 is 6.74. The first-order chi connectivity index (χ1) is 10.2. The molecule has 0 spiro atoms. The molecule has 2 aromatic heterocycles. The zero-order chi connectivity index (χ0) is 14.8. The molecule has 0 atom stereocenters. The van der Waals surface area contributed by atoms with Crippen molar-refractivity contribution >= 4 is 17.0 Å². The molecule has 0 fully saturated rings. The van der Waals surface area contributed by atoms with Crippen molar-refractivity contribution in [1.29, 1.82) is 0 Å². The zero-order valence-corrected chi connectivity index (χ0v) is 11.9. The maximum absolute atomic E-state index is 11.9. The normalized spacial score (nSPS) is 10.8. The number of aryl methyl sites for hydroxylation is 1. The van der Waals surface area contributed by atoms with Crippen LogP contribution in [0.5, 0.6) is 0 Å². The maximum atomic E-state index is 11.9. The molecule has 5 heteroatoms. The number of aromatic nitrogens is 3. The average Bonchev–Trinajstić information content (AvgIpc) is 2.85. The molecule has 0 aliphatic carbocycles. The fraction of sp³-hybridized carbons (Fsp3) is 0.188. The Balaban J connectivity index is 2.17. The lowest BCUT2D eigenvalue weighted by molar-refractivity contribution is 0.0526. The third kappa shape index (κ3) is 2.38. The Morgan fingerprint density at radius 1 is 1.29 bits per heavy atom. The first kappa shape index (κ1) is 13.3. The summed E-state index contributed by atoms with van der Waals surface area (Å²) in [7, 11) is 1.84. The molecule has 5 nitrogen and oxygen atoms in total. The van der Waals surface area contributed by atoms with Gasteiger partial charge in [-0.15, -0.1) is 0 Å². The van der Waals surface area contributed by atoms with Crippen LogP contribution in [0, 0.1) is 0 Å².